The highest BCUT2D eigenvalue weighted by Gasteiger charge is 2.23. The second-order valence-electron chi connectivity index (χ2n) is 4.50. The molecule has 3 N–H and O–H groups in total. The van der Waals surface area contributed by atoms with Crippen LogP contribution in [0.2, 0.25) is 0 Å². The van der Waals surface area contributed by atoms with Gasteiger partial charge >= 0.3 is 5.97 Å². The molecule has 0 fully saturated rings. The normalized spacial score (nSPS) is 12.6. The summed E-state index contributed by atoms with van der Waals surface area (Å²) in [5, 5.41) is 13.9. The second-order valence-corrected chi connectivity index (χ2v) is 6.03. The van der Waals surface area contributed by atoms with Crippen molar-refractivity contribution >= 4 is 21.9 Å². The molecule has 8 nitrogen and oxygen atoms in total. The number of aromatic carboxylic acids is 1. The van der Waals surface area contributed by atoms with Gasteiger partial charge in [-0.25, -0.2) is 18.4 Å². The summed E-state index contributed by atoms with van der Waals surface area (Å²) in [5.41, 5.74) is -0.252. The zero-order valence-electron chi connectivity index (χ0n) is 11.7. The van der Waals surface area contributed by atoms with Crippen LogP contribution in [0, 0.1) is 0 Å². The molecule has 0 saturated carbocycles. The third-order valence-corrected chi connectivity index (χ3v) is 3.52. The molecule has 0 radical (unpaired) electrons. The van der Waals surface area contributed by atoms with Crippen LogP contribution < -0.4 is 9.88 Å². The van der Waals surface area contributed by atoms with E-state index < -0.39 is 27.0 Å². The van der Waals surface area contributed by atoms with Gasteiger partial charge in [0.25, 0.3) is 5.91 Å². The van der Waals surface area contributed by atoms with Crippen LogP contribution in [-0.4, -0.2) is 50.5 Å². The molecule has 9 heteroatoms. The SMILES string of the molecule is CC(Oc1ccc(C(=O)O)cc1S(N)(=O)=O)C(=O)N(C)C. The Hall–Kier alpha value is -2.13. The fraction of sp³-hybridized carbons (Fsp3) is 0.333. The molecular weight excluding hydrogens is 300 g/mol. The van der Waals surface area contributed by atoms with Crippen LogP contribution >= 0.6 is 0 Å². The van der Waals surface area contributed by atoms with Gasteiger partial charge in [-0.3, -0.25) is 4.79 Å². The minimum Gasteiger partial charge on any atom is -0.479 e. The largest absolute Gasteiger partial charge is 0.479 e. The van der Waals surface area contributed by atoms with Crippen molar-refractivity contribution < 1.29 is 27.9 Å². The highest BCUT2D eigenvalue weighted by Crippen LogP contribution is 2.25. The molecule has 1 rings (SSSR count). The number of sulfonamides is 1. The molecule has 0 saturated heterocycles. The zero-order chi connectivity index (χ0) is 16.4. The monoisotopic (exact) mass is 316 g/mol. The van der Waals surface area contributed by atoms with Crippen molar-refractivity contribution in [2.24, 2.45) is 5.14 Å². The number of nitrogens with two attached hydrogens (primary N) is 1. The summed E-state index contributed by atoms with van der Waals surface area (Å²) in [6.07, 6.45) is -0.948. The van der Waals surface area contributed by atoms with Crippen molar-refractivity contribution in [1.29, 1.82) is 0 Å². The topological polar surface area (TPSA) is 127 Å². The number of carboxylic acid groups (broad SMARTS) is 1. The summed E-state index contributed by atoms with van der Waals surface area (Å²) in [5.74, 6) is -1.85. The molecule has 0 aliphatic carbocycles. The lowest BCUT2D eigenvalue weighted by molar-refractivity contribution is -0.135. The number of nitrogens with zero attached hydrogens (tertiary/aromatic N) is 1. The van der Waals surface area contributed by atoms with E-state index in [9.17, 15) is 18.0 Å². The maximum atomic E-state index is 11.7. The van der Waals surface area contributed by atoms with Crippen LogP contribution in [-0.2, 0) is 14.8 Å². The summed E-state index contributed by atoms with van der Waals surface area (Å²) >= 11 is 0. The first-order valence-corrected chi connectivity index (χ1v) is 7.36. The molecule has 21 heavy (non-hydrogen) atoms. The molecule has 1 amide bonds. The average molecular weight is 316 g/mol. The van der Waals surface area contributed by atoms with Gasteiger partial charge in [0.1, 0.15) is 10.6 Å². The lowest BCUT2D eigenvalue weighted by Crippen LogP contribution is -2.35. The van der Waals surface area contributed by atoms with Crippen molar-refractivity contribution in [3.8, 4) is 5.75 Å². The number of carboxylic acids is 1. The van der Waals surface area contributed by atoms with Crippen LogP contribution in [0.5, 0.6) is 5.75 Å². The molecule has 1 unspecified atom stereocenters. The molecule has 0 aliphatic rings. The van der Waals surface area contributed by atoms with Crippen molar-refractivity contribution in [2.45, 2.75) is 17.9 Å². The van der Waals surface area contributed by atoms with Gasteiger partial charge in [-0.15, -0.1) is 0 Å². The Labute approximate surface area is 122 Å². The van der Waals surface area contributed by atoms with E-state index in [4.69, 9.17) is 15.0 Å². The lowest BCUT2D eigenvalue weighted by Gasteiger charge is -2.19. The van der Waals surface area contributed by atoms with E-state index >= 15 is 0 Å². The quantitative estimate of drug-likeness (QED) is 0.780. The number of amides is 1. The molecule has 0 heterocycles. The predicted molar refractivity (Wildman–Crippen MR) is 73.6 cm³/mol. The number of hydrogen-bond acceptors (Lipinski definition) is 5. The molecule has 1 aromatic carbocycles. The van der Waals surface area contributed by atoms with Crippen LogP contribution in [0.25, 0.3) is 0 Å². The van der Waals surface area contributed by atoms with E-state index in [0.717, 1.165) is 12.1 Å². The maximum Gasteiger partial charge on any atom is 0.335 e. The number of primary sulfonamides is 1. The van der Waals surface area contributed by atoms with Crippen molar-refractivity contribution in [2.75, 3.05) is 14.1 Å². The third-order valence-electron chi connectivity index (χ3n) is 2.59. The molecule has 0 aromatic heterocycles. The first-order valence-electron chi connectivity index (χ1n) is 5.82. The smallest absolute Gasteiger partial charge is 0.335 e. The maximum absolute atomic E-state index is 11.7. The Kier molecular flexibility index (Phi) is 4.92. The first kappa shape index (κ1) is 16.9. The van der Waals surface area contributed by atoms with Crippen LogP contribution in [0.3, 0.4) is 0 Å². The fourth-order valence-corrected chi connectivity index (χ4v) is 2.25. The Morgan fingerprint density at radius 2 is 1.90 bits per heavy atom. The molecule has 1 aromatic rings. The van der Waals surface area contributed by atoms with Crippen molar-refractivity contribution in [3.05, 3.63) is 23.8 Å². The number of ether oxygens (including phenoxy) is 1. The van der Waals surface area contributed by atoms with Gasteiger partial charge in [-0.05, 0) is 25.1 Å². The standard InChI is InChI=1S/C12H16N2O6S/c1-7(11(15)14(2)3)20-9-5-4-8(12(16)17)6-10(9)21(13,18)19/h4-7H,1-3H3,(H,16,17)(H2,13,18,19). The third kappa shape index (κ3) is 4.17. The Bertz CT molecular complexity index is 668. The van der Waals surface area contributed by atoms with Gasteiger partial charge < -0.3 is 14.7 Å². The van der Waals surface area contributed by atoms with Gasteiger partial charge in [0, 0.05) is 14.1 Å². The molecule has 0 spiro atoms. The van der Waals surface area contributed by atoms with E-state index in [0.29, 0.717) is 0 Å². The van der Waals surface area contributed by atoms with Crippen molar-refractivity contribution in [1.82, 2.24) is 4.90 Å². The average Bonchev–Trinajstić information content (AvgIpc) is 2.36. The summed E-state index contributed by atoms with van der Waals surface area (Å²) in [6, 6.07) is 3.21. The highest BCUT2D eigenvalue weighted by atomic mass is 32.2. The van der Waals surface area contributed by atoms with Crippen LogP contribution in [0.4, 0.5) is 0 Å². The fourth-order valence-electron chi connectivity index (χ4n) is 1.57. The van der Waals surface area contributed by atoms with E-state index in [1.54, 1.807) is 0 Å². The predicted octanol–water partition coefficient (Wildman–Crippen LogP) is -0.112. The molecular formula is C12H16N2O6S. The van der Waals surface area contributed by atoms with Crippen LogP contribution in [0.1, 0.15) is 17.3 Å². The number of hydrogen-bond donors (Lipinski definition) is 2. The Morgan fingerprint density at radius 1 is 1.33 bits per heavy atom. The van der Waals surface area contributed by atoms with E-state index in [2.05, 4.69) is 0 Å². The van der Waals surface area contributed by atoms with Crippen LogP contribution in [0.15, 0.2) is 23.1 Å². The van der Waals surface area contributed by atoms with Gasteiger partial charge in [0.15, 0.2) is 6.10 Å². The molecule has 1 atom stereocenters. The molecule has 116 valence electrons. The number of carbonyl (C=O) groups is 2. The zero-order valence-corrected chi connectivity index (χ0v) is 12.5. The minimum atomic E-state index is -4.19. The summed E-state index contributed by atoms with van der Waals surface area (Å²) in [6.45, 7) is 1.44. The number of carbonyl (C=O) groups excluding carboxylic acids is 1. The number of likely N-dealkylation sites (N-methyl/N-ethyl adjacent to an activating group) is 1. The summed E-state index contributed by atoms with van der Waals surface area (Å²) < 4.78 is 28.3. The van der Waals surface area contributed by atoms with E-state index in [1.165, 1.54) is 32.0 Å². The van der Waals surface area contributed by atoms with Gasteiger partial charge in [-0.1, -0.05) is 0 Å². The minimum absolute atomic E-state index is 0.176. The summed E-state index contributed by atoms with van der Waals surface area (Å²) in [7, 11) is -1.15. The second kappa shape index (κ2) is 6.10. The highest BCUT2D eigenvalue weighted by molar-refractivity contribution is 7.89. The number of benzene rings is 1. The summed E-state index contributed by atoms with van der Waals surface area (Å²) in [4.78, 5) is 23.4. The first-order chi connectivity index (χ1) is 9.54. The number of rotatable bonds is 5. The van der Waals surface area contributed by atoms with Gasteiger partial charge in [-0.2, -0.15) is 0 Å². The van der Waals surface area contributed by atoms with E-state index in [1.807, 2.05) is 0 Å². The van der Waals surface area contributed by atoms with Gasteiger partial charge in [0.2, 0.25) is 10.0 Å². The Balaban J connectivity index is 3.24. The Morgan fingerprint density at radius 3 is 2.33 bits per heavy atom. The van der Waals surface area contributed by atoms with E-state index in [-0.39, 0.29) is 17.2 Å². The van der Waals surface area contributed by atoms with Gasteiger partial charge in [0.05, 0.1) is 5.56 Å². The van der Waals surface area contributed by atoms with Crippen molar-refractivity contribution in [3.63, 3.8) is 0 Å². The lowest BCUT2D eigenvalue weighted by atomic mass is 10.2. The molecule has 0 bridgehead atoms. The molecule has 0 aliphatic heterocycles.